The molecule has 1 atom stereocenters. The standard InChI is InChI=1S/C24H30Cl2N2O2S/c1-4-22(24(30)27-13-17(2)3)28(14-18-9-11-20(25)12-10-18)23(29)16-31-15-19-7-5-6-8-21(19)26/h5-12,17,22H,4,13-16H2,1-3H3,(H,27,30). The minimum absolute atomic E-state index is 0.0708. The largest absolute Gasteiger partial charge is 0.354 e. The lowest BCUT2D eigenvalue weighted by Gasteiger charge is -2.31. The van der Waals surface area contributed by atoms with Crippen molar-refractivity contribution in [2.45, 2.75) is 45.5 Å². The average molecular weight is 481 g/mol. The van der Waals surface area contributed by atoms with Gasteiger partial charge in [-0.25, -0.2) is 0 Å². The fraction of sp³-hybridized carbons (Fsp3) is 0.417. The summed E-state index contributed by atoms with van der Waals surface area (Å²) in [5.41, 5.74) is 1.93. The summed E-state index contributed by atoms with van der Waals surface area (Å²) in [6.07, 6.45) is 0.540. The normalized spacial score (nSPS) is 11.9. The van der Waals surface area contributed by atoms with Gasteiger partial charge in [0.15, 0.2) is 0 Å². The highest BCUT2D eigenvalue weighted by Crippen LogP contribution is 2.22. The molecule has 7 heteroatoms. The lowest BCUT2D eigenvalue weighted by molar-refractivity contribution is -0.139. The molecule has 0 aliphatic rings. The fourth-order valence-corrected chi connectivity index (χ4v) is 4.40. The minimum Gasteiger partial charge on any atom is -0.354 e. The number of hydrogen-bond donors (Lipinski definition) is 1. The van der Waals surface area contributed by atoms with Crippen LogP contribution in [-0.4, -0.2) is 35.1 Å². The summed E-state index contributed by atoms with van der Waals surface area (Å²) in [6, 6.07) is 14.5. The number of hydrogen-bond acceptors (Lipinski definition) is 3. The third-order valence-corrected chi connectivity index (χ3v) is 6.36. The molecule has 0 spiro atoms. The van der Waals surface area contributed by atoms with E-state index in [2.05, 4.69) is 5.32 Å². The van der Waals surface area contributed by atoms with Crippen molar-refractivity contribution >= 4 is 46.8 Å². The molecule has 0 aromatic heterocycles. The molecule has 1 unspecified atom stereocenters. The molecule has 0 bridgehead atoms. The quantitative estimate of drug-likeness (QED) is 0.441. The van der Waals surface area contributed by atoms with Crippen LogP contribution in [0.15, 0.2) is 48.5 Å². The molecular weight excluding hydrogens is 451 g/mol. The Balaban J connectivity index is 2.12. The van der Waals surface area contributed by atoms with Crippen molar-refractivity contribution in [2.75, 3.05) is 12.3 Å². The van der Waals surface area contributed by atoms with Crippen LogP contribution in [0.5, 0.6) is 0 Å². The highest BCUT2D eigenvalue weighted by Gasteiger charge is 2.28. The first kappa shape index (κ1) is 25.6. The molecule has 1 N–H and O–H groups in total. The number of rotatable bonds is 11. The second-order valence-corrected chi connectivity index (χ2v) is 9.62. The van der Waals surface area contributed by atoms with Gasteiger partial charge in [-0.15, -0.1) is 11.8 Å². The first-order chi connectivity index (χ1) is 14.8. The van der Waals surface area contributed by atoms with Crippen molar-refractivity contribution in [3.8, 4) is 0 Å². The molecule has 2 amide bonds. The molecule has 0 fully saturated rings. The van der Waals surface area contributed by atoms with Crippen LogP contribution in [0.4, 0.5) is 0 Å². The van der Waals surface area contributed by atoms with Gasteiger partial charge in [-0.1, -0.05) is 74.3 Å². The van der Waals surface area contributed by atoms with Crippen molar-refractivity contribution in [1.29, 1.82) is 0 Å². The van der Waals surface area contributed by atoms with Crippen LogP contribution >= 0.6 is 35.0 Å². The average Bonchev–Trinajstić information content (AvgIpc) is 2.74. The van der Waals surface area contributed by atoms with Crippen LogP contribution in [0.1, 0.15) is 38.3 Å². The molecule has 168 valence electrons. The van der Waals surface area contributed by atoms with Gasteiger partial charge in [-0.3, -0.25) is 9.59 Å². The maximum atomic E-state index is 13.2. The van der Waals surface area contributed by atoms with Gasteiger partial charge in [0.05, 0.1) is 5.75 Å². The molecular formula is C24H30Cl2N2O2S. The van der Waals surface area contributed by atoms with Gasteiger partial charge in [0.1, 0.15) is 6.04 Å². The maximum Gasteiger partial charge on any atom is 0.242 e. The molecule has 0 heterocycles. The van der Waals surface area contributed by atoms with Crippen molar-refractivity contribution in [3.63, 3.8) is 0 Å². The number of thioether (sulfide) groups is 1. The number of amides is 2. The Labute approximate surface area is 199 Å². The number of halogens is 2. The first-order valence-corrected chi connectivity index (χ1v) is 12.4. The van der Waals surface area contributed by atoms with Crippen LogP contribution in [0.25, 0.3) is 0 Å². The zero-order chi connectivity index (χ0) is 22.8. The predicted molar refractivity (Wildman–Crippen MR) is 132 cm³/mol. The SMILES string of the molecule is CCC(C(=O)NCC(C)C)N(Cc1ccc(Cl)cc1)C(=O)CSCc1ccccc1Cl. The van der Waals surface area contributed by atoms with Crippen molar-refractivity contribution in [2.24, 2.45) is 5.92 Å². The number of nitrogens with one attached hydrogen (secondary N) is 1. The number of carbonyl (C=O) groups excluding carboxylic acids is 2. The summed E-state index contributed by atoms with van der Waals surface area (Å²) < 4.78 is 0. The maximum absolute atomic E-state index is 13.2. The third kappa shape index (κ3) is 8.40. The summed E-state index contributed by atoms with van der Waals surface area (Å²) in [5, 5.41) is 4.31. The lowest BCUT2D eigenvalue weighted by atomic mass is 10.1. The van der Waals surface area contributed by atoms with E-state index >= 15 is 0 Å². The van der Waals surface area contributed by atoms with E-state index in [4.69, 9.17) is 23.2 Å². The van der Waals surface area contributed by atoms with Crippen LogP contribution in [0.3, 0.4) is 0 Å². The van der Waals surface area contributed by atoms with E-state index < -0.39 is 6.04 Å². The van der Waals surface area contributed by atoms with Gasteiger partial charge >= 0.3 is 0 Å². The molecule has 31 heavy (non-hydrogen) atoms. The third-order valence-electron chi connectivity index (χ3n) is 4.78. The Hall–Kier alpha value is -1.69. The number of nitrogens with zero attached hydrogens (tertiary/aromatic N) is 1. The topological polar surface area (TPSA) is 49.4 Å². The van der Waals surface area contributed by atoms with Crippen molar-refractivity contribution in [3.05, 3.63) is 69.7 Å². The molecule has 4 nitrogen and oxygen atoms in total. The Morgan fingerprint density at radius 3 is 2.35 bits per heavy atom. The van der Waals surface area contributed by atoms with E-state index in [0.29, 0.717) is 41.2 Å². The molecule has 2 aromatic rings. The van der Waals surface area contributed by atoms with Gasteiger partial charge in [0.25, 0.3) is 0 Å². The first-order valence-electron chi connectivity index (χ1n) is 10.4. The lowest BCUT2D eigenvalue weighted by Crippen LogP contribution is -2.50. The van der Waals surface area contributed by atoms with Gasteiger partial charge in [0, 0.05) is 28.9 Å². The Morgan fingerprint density at radius 1 is 1.06 bits per heavy atom. The van der Waals surface area contributed by atoms with Crippen LogP contribution in [-0.2, 0) is 21.9 Å². The van der Waals surface area contributed by atoms with Crippen LogP contribution in [0, 0.1) is 5.92 Å². The molecule has 0 aliphatic carbocycles. The second kappa shape index (κ2) is 13.0. The Kier molecular flexibility index (Phi) is 10.7. The fourth-order valence-electron chi connectivity index (χ4n) is 3.08. The van der Waals surface area contributed by atoms with E-state index in [0.717, 1.165) is 11.1 Å². The molecule has 2 rings (SSSR count). The van der Waals surface area contributed by atoms with Crippen molar-refractivity contribution < 1.29 is 9.59 Å². The van der Waals surface area contributed by atoms with E-state index in [1.807, 2.05) is 57.2 Å². The second-order valence-electron chi connectivity index (χ2n) is 7.80. The monoisotopic (exact) mass is 480 g/mol. The van der Waals surface area contributed by atoms with Gasteiger partial charge in [-0.2, -0.15) is 0 Å². The van der Waals surface area contributed by atoms with E-state index in [1.54, 1.807) is 17.0 Å². The van der Waals surface area contributed by atoms with Gasteiger partial charge in [0.2, 0.25) is 11.8 Å². The molecule has 0 saturated carbocycles. The Morgan fingerprint density at radius 2 is 1.74 bits per heavy atom. The smallest absolute Gasteiger partial charge is 0.242 e. The number of carbonyl (C=O) groups is 2. The molecule has 0 radical (unpaired) electrons. The highest BCUT2D eigenvalue weighted by atomic mass is 35.5. The zero-order valence-corrected chi connectivity index (χ0v) is 20.6. The summed E-state index contributed by atoms with van der Waals surface area (Å²) in [4.78, 5) is 27.7. The number of benzene rings is 2. The molecule has 0 saturated heterocycles. The predicted octanol–water partition coefficient (Wildman–Crippen LogP) is 5.81. The van der Waals surface area contributed by atoms with Crippen molar-refractivity contribution in [1.82, 2.24) is 10.2 Å². The summed E-state index contributed by atoms with van der Waals surface area (Å²) in [6.45, 7) is 6.96. The zero-order valence-electron chi connectivity index (χ0n) is 18.2. The van der Waals surface area contributed by atoms with E-state index in [-0.39, 0.29) is 17.6 Å². The van der Waals surface area contributed by atoms with Crippen LogP contribution in [0.2, 0.25) is 10.0 Å². The Bertz CT molecular complexity index is 859. The highest BCUT2D eigenvalue weighted by molar-refractivity contribution is 7.99. The summed E-state index contributed by atoms with van der Waals surface area (Å²) >= 11 is 13.7. The summed E-state index contributed by atoms with van der Waals surface area (Å²) in [7, 11) is 0. The molecule has 2 aromatic carbocycles. The summed E-state index contributed by atoms with van der Waals surface area (Å²) in [5.74, 6) is 1.06. The minimum atomic E-state index is -0.525. The van der Waals surface area contributed by atoms with Gasteiger partial charge < -0.3 is 10.2 Å². The van der Waals surface area contributed by atoms with Gasteiger partial charge in [-0.05, 0) is 41.7 Å². The van der Waals surface area contributed by atoms with Crippen LogP contribution < -0.4 is 5.32 Å². The van der Waals surface area contributed by atoms with E-state index in [1.165, 1.54) is 11.8 Å². The van der Waals surface area contributed by atoms with E-state index in [9.17, 15) is 9.59 Å². The molecule has 0 aliphatic heterocycles.